The maximum Gasteiger partial charge on any atom is 0.0973 e. The molecule has 0 aliphatic heterocycles. The number of unbranched alkanes of at least 4 members (excludes halogenated alkanes) is 12. The van der Waals surface area contributed by atoms with Crippen molar-refractivity contribution in [2.75, 3.05) is 0 Å². The third-order valence-corrected chi connectivity index (χ3v) is 8.34. The van der Waals surface area contributed by atoms with Crippen LogP contribution in [0.3, 0.4) is 0 Å². The number of benzene rings is 1. The zero-order valence-electron chi connectivity index (χ0n) is 25.3. The van der Waals surface area contributed by atoms with E-state index in [9.17, 15) is 0 Å². The average molecular weight is 517 g/mol. The van der Waals surface area contributed by atoms with E-state index in [2.05, 4.69) is 45.9 Å². The van der Waals surface area contributed by atoms with E-state index in [1.807, 2.05) is 6.20 Å². The summed E-state index contributed by atoms with van der Waals surface area (Å²) in [4.78, 5) is 10.5. The number of hydrogen-bond acceptors (Lipinski definition) is 2. The van der Waals surface area contributed by atoms with Crippen molar-refractivity contribution in [3.8, 4) is 0 Å². The number of rotatable bonds is 20. The van der Waals surface area contributed by atoms with Gasteiger partial charge in [-0.25, -0.2) is 0 Å². The highest BCUT2D eigenvalue weighted by Gasteiger charge is 2.20. The second kappa shape index (κ2) is 17.6. The summed E-state index contributed by atoms with van der Waals surface area (Å²) in [5.41, 5.74) is 8.49. The van der Waals surface area contributed by atoms with Crippen molar-refractivity contribution in [1.29, 1.82) is 0 Å². The number of hydrogen-bond donors (Lipinski definition) is 0. The summed E-state index contributed by atoms with van der Waals surface area (Å²) in [6.07, 6.45) is 27.6. The molecule has 0 amide bonds. The van der Waals surface area contributed by atoms with Gasteiger partial charge in [0.15, 0.2) is 0 Å². The van der Waals surface area contributed by atoms with Gasteiger partial charge in [0, 0.05) is 22.7 Å². The summed E-state index contributed by atoms with van der Waals surface area (Å²) in [5.74, 6) is 0. The van der Waals surface area contributed by atoms with Crippen molar-refractivity contribution in [2.45, 2.75) is 156 Å². The normalized spacial score (nSPS) is 11.7. The molecule has 0 N–H and O–H groups in total. The highest BCUT2D eigenvalue weighted by Crippen LogP contribution is 2.35. The van der Waals surface area contributed by atoms with Crippen LogP contribution in [0.1, 0.15) is 153 Å². The summed E-state index contributed by atoms with van der Waals surface area (Å²) in [6.45, 7) is 9.25. The molecule has 0 atom stereocenters. The van der Waals surface area contributed by atoms with Gasteiger partial charge >= 0.3 is 0 Å². The van der Waals surface area contributed by atoms with Gasteiger partial charge in [-0.05, 0) is 80.2 Å². The van der Waals surface area contributed by atoms with E-state index in [1.165, 1.54) is 143 Å². The maximum absolute atomic E-state index is 5.55. The minimum Gasteiger partial charge on any atom is -0.254 e. The molecule has 1 aromatic carbocycles. The zero-order valence-corrected chi connectivity index (χ0v) is 25.3. The van der Waals surface area contributed by atoms with E-state index in [1.54, 1.807) is 11.1 Å². The molecule has 2 nitrogen and oxygen atoms in total. The van der Waals surface area contributed by atoms with E-state index < -0.39 is 0 Å². The molecule has 0 saturated carbocycles. The molecule has 2 heterocycles. The molecule has 38 heavy (non-hydrogen) atoms. The molecular weight excluding hydrogens is 460 g/mol. The Morgan fingerprint density at radius 1 is 0.553 bits per heavy atom. The Balaban J connectivity index is 2.16. The van der Waals surface area contributed by atoms with Crippen LogP contribution in [0.5, 0.6) is 0 Å². The quantitative estimate of drug-likeness (QED) is 0.110. The Kier molecular flexibility index (Phi) is 14.2. The van der Waals surface area contributed by atoms with Gasteiger partial charge in [0.05, 0.1) is 11.0 Å². The van der Waals surface area contributed by atoms with Crippen LogP contribution in [0.25, 0.3) is 21.8 Å². The van der Waals surface area contributed by atoms with Gasteiger partial charge in [-0.3, -0.25) is 9.97 Å². The first-order valence-electron chi connectivity index (χ1n) is 16.5. The third kappa shape index (κ3) is 8.78. The molecule has 0 unspecified atom stereocenters. The fourth-order valence-electron chi connectivity index (χ4n) is 6.13. The van der Waals surface area contributed by atoms with Crippen molar-refractivity contribution in [1.82, 2.24) is 9.97 Å². The number of nitrogens with zero attached hydrogens (tertiary/aromatic N) is 2. The lowest BCUT2D eigenvalue weighted by Gasteiger charge is -2.21. The molecule has 0 spiro atoms. The second-order valence-corrected chi connectivity index (χ2v) is 11.6. The minimum atomic E-state index is 1.11. The molecule has 2 aromatic heterocycles. The molecule has 0 saturated heterocycles. The van der Waals surface area contributed by atoms with Gasteiger partial charge in [-0.1, -0.05) is 111 Å². The van der Waals surface area contributed by atoms with Gasteiger partial charge in [0.2, 0.25) is 0 Å². The van der Waals surface area contributed by atoms with Gasteiger partial charge in [-0.2, -0.15) is 0 Å². The predicted octanol–water partition coefficient (Wildman–Crippen LogP) is 11.3. The molecule has 0 aliphatic rings. The van der Waals surface area contributed by atoms with Gasteiger partial charge in [-0.15, -0.1) is 0 Å². The van der Waals surface area contributed by atoms with Crippen molar-refractivity contribution >= 4 is 21.8 Å². The second-order valence-electron chi connectivity index (χ2n) is 11.6. The SMILES string of the molecule is CCCCCCc1nc2c(c(CCCCCC)cc3cccnc32)c(CCCCCC)c1CCCCCC. The first-order chi connectivity index (χ1) is 18.7. The molecule has 2 heteroatoms. The molecule has 3 rings (SSSR count). The van der Waals surface area contributed by atoms with E-state index in [-0.39, 0.29) is 0 Å². The summed E-state index contributed by atoms with van der Waals surface area (Å²) >= 11 is 0. The fourth-order valence-corrected chi connectivity index (χ4v) is 6.13. The standard InChI is InChI=1S/C36H56N2/c1-5-9-13-17-22-29-28-30-23-21-27-37-35(30)36-34(29)32(25-19-15-11-7-3)31(24-18-14-10-6-2)33(38-36)26-20-16-12-8-4/h21,23,27-28H,5-20,22,24-26H2,1-4H3. The topological polar surface area (TPSA) is 25.8 Å². The van der Waals surface area contributed by atoms with Crippen LogP contribution in [0.4, 0.5) is 0 Å². The average Bonchev–Trinajstić information content (AvgIpc) is 2.94. The van der Waals surface area contributed by atoms with E-state index >= 15 is 0 Å². The summed E-state index contributed by atoms with van der Waals surface area (Å²) in [5, 5.41) is 2.74. The Hall–Kier alpha value is -1.96. The van der Waals surface area contributed by atoms with Crippen molar-refractivity contribution < 1.29 is 0 Å². The highest BCUT2D eigenvalue weighted by molar-refractivity contribution is 6.06. The molecule has 0 aliphatic carbocycles. The molecule has 3 aromatic rings. The monoisotopic (exact) mass is 516 g/mol. The summed E-state index contributed by atoms with van der Waals surface area (Å²) < 4.78 is 0. The van der Waals surface area contributed by atoms with Crippen LogP contribution in [-0.4, -0.2) is 9.97 Å². The lowest BCUT2D eigenvalue weighted by atomic mass is 9.87. The number of aromatic nitrogens is 2. The van der Waals surface area contributed by atoms with Crippen LogP contribution in [-0.2, 0) is 25.7 Å². The minimum absolute atomic E-state index is 1.11. The Morgan fingerprint density at radius 3 is 1.71 bits per heavy atom. The molecule has 0 bridgehead atoms. The Labute approximate surface area is 234 Å². The van der Waals surface area contributed by atoms with E-state index in [4.69, 9.17) is 9.97 Å². The van der Waals surface area contributed by atoms with Gasteiger partial charge in [0.25, 0.3) is 0 Å². The first kappa shape index (κ1) is 30.6. The third-order valence-electron chi connectivity index (χ3n) is 8.34. The number of fused-ring (bicyclic) bond motifs is 3. The summed E-state index contributed by atoms with van der Waals surface area (Å²) in [7, 11) is 0. The Morgan fingerprint density at radius 2 is 1.11 bits per heavy atom. The van der Waals surface area contributed by atoms with Crippen LogP contribution >= 0.6 is 0 Å². The lowest BCUT2D eigenvalue weighted by molar-refractivity contribution is 0.635. The molecular formula is C36H56N2. The van der Waals surface area contributed by atoms with E-state index in [0.29, 0.717) is 0 Å². The fraction of sp³-hybridized carbons (Fsp3) is 0.667. The highest BCUT2D eigenvalue weighted by atomic mass is 14.8. The predicted molar refractivity (Wildman–Crippen MR) is 168 cm³/mol. The molecule has 0 radical (unpaired) electrons. The zero-order chi connectivity index (χ0) is 27.0. The van der Waals surface area contributed by atoms with Crippen LogP contribution in [0.2, 0.25) is 0 Å². The lowest BCUT2D eigenvalue weighted by Crippen LogP contribution is -2.09. The summed E-state index contributed by atoms with van der Waals surface area (Å²) in [6, 6.07) is 6.81. The molecule has 0 fully saturated rings. The smallest absolute Gasteiger partial charge is 0.0973 e. The van der Waals surface area contributed by atoms with Crippen LogP contribution < -0.4 is 0 Å². The largest absolute Gasteiger partial charge is 0.254 e. The van der Waals surface area contributed by atoms with E-state index in [0.717, 1.165) is 18.4 Å². The Bertz CT molecular complexity index is 1080. The maximum atomic E-state index is 5.55. The van der Waals surface area contributed by atoms with Crippen LogP contribution in [0.15, 0.2) is 24.4 Å². The first-order valence-corrected chi connectivity index (χ1v) is 16.5. The van der Waals surface area contributed by atoms with Gasteiger partial charge < -0.3 is 0 Å². The van der Waals surface area contributed by atoms with Gasteiger partial charge in [0.1, 0.15) is 0 Å². The number of pyridine rings is 2. The van der Waals surface area contributed by atoms with Crippen molar-refractivity contribution in [3.63, 3.8) is 0 Å². The van der Waals surface area contributed by atoms with Crippen molar-refractivity contribution in [2.24, 2.45) is 0 Å². The number of aryl methyl sites for hydroxylation is 3. The molecule has 210 valence electrons. The van der Waals surface area contributed by atoms with Crippen molar-refractivity contribution in [3.05, 3.63) is 46.8 Å². The van der Waals surface area contributed by atoms with Crippen LogP contribution in [0, 0.1) is 0 Å².